The molecule has 4 heteroatoms. The standard InChI is InChI=1S/C7H8BrClOS/c1-7(10,4-8)5-2-3-6(9)11-5/h2-3,10H,4H2,1H3. The lowest BCUT2D eigenvalue weighted by atomic mass is 10.1. The molecular formula is C7H8BrClOS. The van der Waals surface area contributed by atoms with Gasteiger partial charge < -0.3 is 5.11 Å². The maximum absolute atomic E-state index is 9.71. The van der Waals surface area contributed by atoms with Crippen molar-refractivity contribution in [1.29, 1.82) is 0 Å². The fraction of sp³-hybridized carbons (Fsp3) is 0.429. The quantitative estimate of drug-likeness (QED) is 0.806. The molecule has 1 unspecified atom stereocenters. The first-order chi connectivity index (χ1) is 5.06. The normalized spacial score (nSPS) is 16.4. The van der Waals surface area contributed by atoms with E-state index < -0.39 is 5.60 Å². The molecular weight excluding hydrogens is 247 g/mol. The second-order valence-electron chi connectivity index (χ2n) is 2.51. The molecule has 0 aromatic carbocycles. The van der Waals surface area contributed by atoms with Crippen molar-refractivity contribution in [3.63, 3.8) is 0 Å². The van der Waals surface area contributed by atoms with Crippen LogP contribution in [0.1, 0.15) is 11.8 Å². The van der Waals surface area contributed by atoms with Crippen LogP contribution in [-0.4, -0.2) is 10.4 Å². The van der Waals surface area contributed by atoms with Crippen LogP contribution >= 0.6 is 38.9 Å². The smallest absolute Gasteiger partial charge is 0.106 e. The zero-order valence-corrected chi connectivity index (χ0v) is 9.13. The van der Waals surface area contributed by atoms with E-state index in [1.54, 1.807) is 13.0 Å². The number of hydrogen-bond donors (Lipinski definition) is 1. The van der Waals surface area contributed by atoms with Gasteiger partial charge in [-0.1, -0.05) is 27.5 Å². The molecule has 0 saturated heterocycles. The Labute approximate surface area is 83.1 Å². The van der Waals surface area contributed by atoms with Gasteiger partial charge >= 0.3 is 0 Å². The zero-order valence-electron chi connectivity index (χ0n) is 5.97. The van der Waals surface area contributed by atoms with Crippen molar-refractivity contribution in [3.8, 4) is 0 Å². The minimum Gasteiger partial charge on any atom is -0.384 e. The summed E-state index contributed by atoms with van der Waals surface area (Å²) in [4.78, 5) is 0.888. The minimum absolute atomic E-state index is 0.525. The molecule has 1 aromatic heterocycles. The van der Waals surface area contributed by atoms with Crippen molar-refractivity contribution < 1.29 is 5.11 Å². The molecule has 1 nitrogen and oxygen atoms in total. The molecule has 0 fully saturated rings. The molecule has 0 aliphatic rings. The molecule has 0 aliphatic carbocycles. The van der Waals surface area contributed by atoms with Gasteiger partial charge in [-0.25, -0.2) is 0 Å². The van der Waals surface area contributed by atoms with Crippen LogP contribution in [-0.2, 0) is 5.60 Å². The molecule has 0 amide bonds. The van der Waals surface area contributed by atoms with E-state index in [4.69, 9.17) is 11.6 Å². The van der Waals surface area contributed by atoms with E-state index in [0.29, 0.717) is 9.67 Å². The number of alkyl halides is 1. The molecule has 0 aliphatic heterocycles. The molecule has 0 spiro atoms. The third-order valence-corrected chi connectivity index (χ3v) is 3.94. The monoisotopic (exact) mass is 254 g/mol. The Bertz CT molecular complexity index is 246. The molecule has 0 bridgehead atoms. The minimum atomic E-state index is -0.794. The van der Waals surface area contributed by atoms with Gasteiger partial charge in [0.05, 0.1) is 4.34 Å². The highest BCUT2D eigenvalue weighted by Crippen LogP contribution is 2.31. The number of rotatable bonds is 2. The molecule has 1 N–H and O–H groups in total. The van der Waals surface area contributed by atoms with E-state index in [0.717, 1.165) is 4.88 Å². The average Bonchev–Trinajstić information content (AvgIpc) is 2.36. The van der Waals surface area contributed by atoms with Crippen molar-refractivity contribution in [1.82, 2.24) is 0 Å². The summed E-state index contributed by atoms with van der Waals surface area (Å²) in [5, 5.41) is 10.2. The average molecular weight is 256 g/mol. The highest BCUT2D eigenvalue weighted by Gasteiger charge is 2.22. The molecule has 1 aromatic rings. The predicted molar refractivity (Wildman–Crippen MR) is 52.7 cm³/mol. The van der Waals surface area contributed by atoms with Gasteiger partial charge in [-0.05, 0) is 19.1 Å². The van der Waals surface area contributed by atoms with Crippen LogP contribution in [0.25, 0.3) is 0 Å². The molecule has 0 radical (unpaired) electrons. The Kier molecular flexibility index (Phi) is 2.97. The maximum atomic E-state index is 9.71. The SMILES string of the molecule is CC(O)(CBr)c1ccc(Cl)s1. The Morgan fingerprint density at radius 3 is 2.73 bits per heavy atom. The molecule has 62 valence electrons. The molecule has 11 heavy (non-hydrogen) atoms. The third-order valence-electron chi connectivity index (χ3n) is 1.36. The Hall–Kier alpha value is 0.430. The van der Waals surface area contributed by atoms with Gasteiger partial charge in [-0.3, -0.25) is 0 Å². The zero-order chi connectivity index (χ0) is 8.48. The van der Waals surface area contributed by atoms with Crippen LogP contribution < -0.4 is 0 Å². The summed E-state index contributed by atoms with van der Waals surface area (Å²) in [5.74, 6) is 0. The number of hydrogen-bond acceptors (Lipinski definition) is 2. The predicted octanol–water partition coefficient (Wildman–Crippen LogP) is 3.00. The maximum Gasteiger partial charge on any atom is 0.106 e. The van der Waals surface area contributed by atoms with Crippen molar-refractivity contribution in [2.24, 2.45) is 0 Å². The summed E-state index contributed by atoms with van der Waals surface area (Å²) in [6.45, 7) is 1.75. The Morgan fingerprint density at radius 2 is 2.36 bits per heavy atom. The topological polar surface area (TPSA) is 20.2 Å². The summed E-state index contributed by atoms with van der Waals surface area (Å²) in [5.41, 5.74) is -0.794. The van der Waals surface area contributed by atoms with Crippen LogP contribution in [0.3, 0.4) is 0 Å². The lowest BCUT2D eigenvalue weighted by Gasteiger charge is -2.17. The van der Waals surface area contributed by atoms with E-state index in [-0.39, 0.29) is 0 Å². The van der Waals surface area contributed by atoms with Crippen molar-refractivity contribution >= 4 is 38.9 Å². The number of halogens is 2. The molecule has 1 rings (SSSR count). The number of thiophene rings is 1. The van der Waals surface area contributed by atoms with Crippen LogP contribution in [0, 0.1) is 0 Å². The first kappa shape index (κ1) is 9.52. The molecule has 0 saturated carbocycles. The van der Waals surface area contributed by atoms with Crippen molar-refractivity contribution in [2.75, 3.05) is 5.33 Å². The van der Waals surface area contributed by atoms with E-state index >= 15 is 0 Å². The fourth-order valence-electron chi connectivity index (χ4n) is 0.670. The number of aliphatic hydroxyl groups is 1. The van der Waals surface area contributed by atoms with Crippen LogP contribution in [0.2, 0.25) is 4.34 Å². The van der Waals surface area contributed by atoms with Crippen LogP contribution in [0.15, 0.2) is 12.1 Å². The van der Waals surface area contributed by atoms with Gasteiger partial charge in [0, 0.05) is 10.2 Å². The third kappa shape index (κ3) is 2.18. The molecule has 1 atom stereocenters. The van der Waals surface area contributed by atoms with Gasteiger partial charge in [-0.2, -0.15) is 0 Å². The van der Waals surface area contributed by atoms with E-state index in [1.807, 2.05) is 6.07 Å². The Balaban J connectivity index is 2.92. The van der Waals surface area contributed by atoms with Crippen LogP contribution in [0.4, 0.5) is 0 Å². The molecule has 1 heterocycles. The summed E-state index contributed by atoms with van der Waals surface area (Å²) in [6.07, 6.45) is 0. The van der Waals surface area contributed by atoms with E-state index in [2.05, 4.69) is 15.9 Å². The van der Waals surface area contributed by atoms with Crippen molar-refractivity contribution in [2.45, 2.75) is 12.5 Å². The summed E-state index contributed by atoms with van der Waals surface area (Å²) < 4.78 is 0.709. The van der Waals surface area contributed by atoms with Crippen molar-refractivity contribution in [3.05, 3.63) is 21.3 Å². The van der Waals surface area contributed by atoms with Gasteiger partial charge in [0.15, 0.2) is 0 Å². The van der Waals surface area contributed by atoms with Gasteiger partial charge in [0.25, 0.3) is 0 Å². The highest BCUT2D eigenvalue weighted by atomic mass is 79.9. The summed E-state index contributed by atoms with van der Waals surface area (Å²) in [7, 11) is 0. The Morgan fingerprint density at radius 1 is 1.73 bits per heavy atom. The largest absolute Gasteiger partial charge is 0.384 e. The van der Waals surface area contributed by atoms with Gasteiger partial charge in [0.2, 0.25) is 0 Å². The second kappa shape index (κ2) is 3.44. The lowest BCUT2D eigenvalue weighted by Crippen LogP contribution is -2.20. The summed E-state index contributed by atoms with van der Waals surface area (Å²) in [6, 6.07) is 3.63. The van der Waals surface area contributed by atoms with Crippen LogP contribution in [0.5, 0.6) is 0 Å². The lowest BCUT2D eigenvalue weighted by molar-refractivity contribution is 0.0893. The highest BCUT2D eigenvalue weighted by molar-refractivity contribution is 9.09. The van der Waals surface area contributed by atoms with E-state index in [9.17, 15) is 5.11 Å². The fourth-order valence-corrected chi connectivity index (χ4v) is 2.24. The van der Waals surface area contributed by atoms with E-state index in [1.165, 1.54) is 11.3 Å². The van der Waals surface area contributed by atoms with Gasteiger partial charge in [-0.15, -0.1) is 11.3 Å². The first-order valence-electron chi connectivity index (χ1n) is 3.10. The van der Waals surface area contributed by atoms with Gasteiger partial charge in [0.1, 0.15) is 5.60 Å². The first-order valence-corrected chi connectivity index (χ1v) is 5.42. The second-order valence-corrected chi connectivity index (χ2v) is 4.79. The summed E-state index contributed by atoms with van der Waals surface area (Å²) >= 11 is 10.4.